The monoisotopic (exact) mass is 344 g/mol. The van der Waals surface area contributed by atoms with Gasteiger partial charge in [0.2, 0.25) is 11.8 Å². The largest absolute Gasteiger partial charge is 0.423 e. The Morgan fingerprint density at radius 2 is 1.68 bits per heavy atom. The van der Waals surface area contributed by atoms with Crippen LogP contribution < -0.4 is 0 Å². The van der Waals surface area contributed by atoms with Crippen LogP contribution in [0.2, 0.25) is 0 Å². The molecule has 0 amide bonds. The smallest absolute Gasteiger partial charge is 0.230 e. The van der Waals surface area contributed by atoms with E-state index in [9.17, 15) is 5.11 Å². The number of hydrogen-bond acceptors (Lipinski definition) is 6. The third kappa shape index (κ3) is 4.87. The van der Waals surface area contributed by atoms with Gasteiger partial charge < -0.3 is 9.52 Å². The molecule has 0 bridgehead atoms. The van der Waals surface area contributed by atoms with Crippen LogP contribution in [0.5, 0.6) is 0 Å². The Kier molecular flexibility index (Phi) is 5.51. The lowest BCUT2D eigenvalue weighted by Crippen LogP contribution is -2.47. The highest BCUT2D eigenvalue weighted by Gasteiger charge is 2.24. The first-order valence-electron chi connectivity index (χ1n) is 8.92. The molecule has 1 aromatic carbocycles. The van der Waals surface area contributed by atoms with Crippen molar-refractivity contribution in [1.29, 1.82) is 0 Å². The van der Waals surface area contributed by atoms with Gasteiger partial charge in [0.1, 0.15) is 0 Å². The molecule has 136 valence electrons. The summed E-state index contributed by atoms with van der Waals surface area (Å²) in [6.07, 6.45) is -0.432. The number of piperazine rings is 1. The van der Waals surface area contributed by atoms with Crippen LogP contribution in [0.4, 0.5) is 0 Å². The molecule has 0 unspecified atom stereocenters. The number of benzene rings is 1. The van der Waals surface area contributed by atoms with E-state index in [1.807, 2.05) is 30.3 Å². The first-order chi connectivity index (χ1) is 11.9. The summed E-state index contributed by atoms with van der Waals surface area (Å²) in [5.74, 6) is 1.37. The third-order valence-corrected chi connectivity index (χ3v) is 4.55. The highest BCUT2D eigenvalue weighted by Crippen LogP contribution is 2.21. The van der Waals surface area contributed by atoms with E-state index in [1.165, 1.54) is 0 Å². The molecule has 3 rings (SSSR count). The Balaban J connectivity index is 1.46. The Morgan fingerprint density at radius 1 is 1.04 bits per heavy atom. The molecule has 0 radical (unpaired) electrons. The molecule has 25 heavy (non-hydrogen) atoms. The number of rotatable bonds is 5. The molecule has 6 heteroatoms. The maximum Gasteiger partial charge on any atom is 0.230 e. The minimum absolute atomic E-state index is 0.114. The molecule has 0 aliphatic carbocycles. The van der Waals surface area contributed by atoms with Crippen molar-refractivity contribution in [3.05, 3.63) is 47.7 Å². The lowest BCUT2D eigenvalue weighted by Gasteiger charge is -2.35. The zero-order valence-electron chi connectivity index (χ0n) is 15.4. The van der Waals surface area contributed by atoms with Crippen LogP contribution in [0.15, 0.2) is 34.7 Å². The molecular weight excluding hydrogens is 316 g/mol. The average molecular weight is 344 g/mol. The van der Waals surface area contributed by atoms with Gasteiger partial charge in [0, 0.05) is 38.1 Å². The molecule has 6 nitrogen and oxygen atoms in total. The molecule has 0 saturated carbocycles. The van der Waals surface area contributed by atoms with Crippen LogP contribution in [0, 0.1) is 0 Å². The predicted molar refractivity (Wildman–Crippen MR) is 96.1 cm³/mol. The minimum Gasteiger partial charge on any atom is -0.423 e. The van der Waals surface area contributed by atoms with E-state index in [4.69, 9.17) is 4.42 Å². The average Bonchev–Trinajstić information content (AvgIpc) is 3.06. The van der Waals surface area contributed by atoms with Crippen LogP contribution >= 0.6 is 0 Å². The Hall–Kier alpha value is -1.76. The van der Waals surface area contributed by atoms with Gasteiger partial charge in [-0.2, -0.15) is 0 Å². The highest BCUT2D eigenvalue weighted by atomic mass is 16.4. The molecule has 1 aliphatic rings. The molecule has 1 saturated heterocycles. The first kappa shape index (κ1) is 18.0. The zero-order chi connectivity index (χ0) is 17.9. The highest BCUT2D eigenvalue weighted by molar-refractivity contribution is 5.17. The summed E-state index contributed by atoms with van der Waals surface area (Å²) < 4.78 is 5.78. The number of aromatic nitrogens is 2. The molecule has 2 heterocycles. The summed E-state index contributed by atoms with van der Waals surface area (Å²) in [4.78, 5) is 4.63. The van der Waals surface area contributed by atoms with Gasteiger partial charge in [-0.15, -0.1) is 10.2 Å². The fourth-order valence-electron chi connectivity index (χ4n) is 2.97. The fourth-order valence-corrected chi connectivity index (χ4v) is 2.97. The van der Waals surface area contributed by atoms with Crippen LogP contribution in [-0.4, -0.2) is 57.8 Å². The SMILES string of the molecule is CC(C)(C)c1nnc(CN2CCN(C[C@H](O)c3ccccc3)CC2)o1. The number of aliphatic hydroxyl groups is 1. The van der Waals surface area contributed by atoms with Crippen LogP contribution in [0.3, 0.4) is 0 Å². The molecule has 1 aliphatic heterocycles. The van der Waals surface area contributed by atoms with Gasteiger partial charge in [-0.05, 0) is 5.56 Å². The van der Waals surface area contributed by atoms with E-state index in [0.717, 1.165) is 31.7 Å². The second kappa shape index (κ2) is 7.64. The summed E-state index contributed by atoms with van der Waals surface area (Å²) in [6, 6.07) is 9.85. The van der Waals surface area contributed by atoms with E-state index < -0.39 is 6.10 Å². The fraction of sp³-hybridized carbons (Fsp3) is 0.579. The van der Waals surface area contributed by atoms with Crippen molar-refractivity contribution in [3.8, 4) is 0 Å². The second-order valence-corrected chi connectivity index (χ2v) is 7.75. The number of aliphatic hydroxyl groups excluding tert-OH is 1. The van der Waals surface area contributed by atoms with Gasteiger partial charge in [-0.25, -0.2) is 0 Å². The van der Waals surface area contributed by atoms with Crippen molar-refractivity contribution >= 4 is 0 Å². The first-order valence-corrected chi connectivity index (χ1v) is 8.92. The van der Waals surface area contributed by atoms with Crippen LogP contribution in [0.25, 0.3) is 0 Å². The summed E-state index contributed by atoms with van der Waals surface area (Å²) >= 11 is 0. The van der Waals surface area contributed by atoms with Crippen molar-refractivity contribution in [2.24, 2.45) is 0 Å². The van der Waals surface area contributed by atoms with Gasteiger partial charge in [0.25, 0.3) is 0 Å². The Bertz CT molecular complexity index is 658. The molecule has 2 aromatic rings. The summed E-state index contributed by atoms with van der Waals surface area (Å²) in [5.41, 5.74) is 0.864. The van der Waals surface area contributed by atoms with Crippen LogP contribution in [-0.2, 0) is 12.0 Å². The van der Waals surface area contributed by atoms with Gasteiger partial charge in [0.15, 0.2) is 0 Å². The second-order valence-electron chi connectivity index (χ2n) is 7.75. The van der Waals surface area contributed by atoms with E-state index in [1.54, 1.807) is 0 Å². The Morgan fingerprint density at radius 3 is 2.28 bits per heavy atom. The van der Waals surface area contributed by atoms with E-state index in [-0.39, 0.29) is 5.41 Å². The zero-order valence-corrected chi connectivity index (χ0v) is 15.4. The number of nitrogens with zero attached hydrogens (tertiary/aromatic N) is 4. The summed E-state index contributed by atoms with van der Waals surface area (Å²) in [6.45, 7) is 11.3. The lowest BCUT2D eigenvalue weighted by atomic mass is 9.97. The summed E-state index contributed by atoms with van der Waals surface area (Å²) in [7, 11) is 0. The van der Waals surface area contributed by atoms with E-state index in [0.29, 0.717) is 24.9 Å². The predicted octanol–water partition coefficient (Wildman–Crippen LogP) is 2.22. The minimum atomic E-state index is -0.432. The van der Waals surface area contributed by atoms with Crippen LogP contribution in [0.1, 0.15) is 44.2 Å². The summed E-state index contributed by atoms with van der Waals surface area (Å²) in [5, 5.41) is 18.7. The van der Waals surface area contributed by atoms with Crippen molar-refractivity contribution in [2.45, 2.75) is 38.8 Å². The molecule has 1 N–H and O–H groups in total. The molecular formula is C19H28N4O2. The third-order valence-electron chi connectivity index (χ3n) is 4.55. The van der Waals surface area contributed by atoms with E-state index in [2.05, 4.69) is 40.8 Å². The lowest BCUT2D eigenvalue weighted by molar-refractivity contribution is 0.0668. The normalized spacial score (nSPS) is 18.4. The van der Waals surface area contributed by atoms with Crippen molar-refractivity contribution in [3.63, 3.8) is 0 Å². The van der Waals surface area contributed by atoms with Gasteiger partial charge >= 0.3 is 0 Å². The van der Waals surface area contributed by atoms with Gasteiger partial charge in [-0.1, -0.05) is 51.1 Å². The van der Waals surface area contributed by atoms with Crippen molar-refractivity contribution in [2.75, 3.05) is 32.7 Å². The van der Waals surface area contributed by atoms with E-state index >= 15 is 0 Å². The Labute approximate surface area is 149 Å². The molecule has 1 fully saturated rings. The molecule has 1 atom stereocenters. The standard InChI is InChI=1S/C19H28N4O2/c1-19(2,3)18-21-20-17(25-18)14-23-11-9-22(10-12-23)13-16(24)15-7-5-4-6-8-15/h4-8,16,24H,9-14H2,1-3H3/t16-/m0/s1. The molecule has 1 aromatic heterocycles. The topological polar surface area (TPSA) is 65.6 Å². The van der Waals surface area contributed by atoms with Gasteiger partial charge in [0.05, 0.1) is 12.6 Å². The maximum absolute atomic E-state index is 10.4. The number of β-amino-alcohol motifs (C(OH)–C–C–N with tert-alkyl or cyclic N) is 1. The van der Waals surface area contributed by atoms with Crippen molar-refractivity contribution < 1.29 is 9.52 Å². The van der Waals surface area contributed by atoms with Crippen molar-refractivity contribution in [1.82, 2.24) is 20.0 Å². The maximum atomic E-state index is 10.4. The van der Waals surface area contributed by atoms with Gasteiger partial charge in [-0.3, -0.25) is 9.80 Å². The number of hydrogen-bond donors (Lipinski definition) is 1. The molecule has 0 spiro atoms. The quantitative estimate of drug-likeness (QED) is 0.897.